The number of nitriles is 1. The van der Waals surface area contributed by atoms with E-state index in [1.54, 1.807) is 30.3 Å². The molecule has 20 heavy (non-hydrogen) atoms. The standard InChI is InChI=1S/C12H8BrF3N4/c13-8-3-1-7(2-4-8)10-9(5-17)11(18)20(19-10)6-12(14,15)16/h1-4H,6,18H2. The van der Waals surface area contributed by atoms with Crippen LogP contribution in [-0.2, 0) is 6.54 Å². The van der Waals surface area contributed by atoms with Crippen molar-refractivity contribution in [2.45, 2.75) is 12.7 Å². The lowest BCUT2D eigenvalue weighted by Crippen LogP contribution is -2.20. The van der Waals surface area contributed by atoms with Gasteiger partial charge in [0.05, 0.1) is 0 Å². The van der Waals surface area contributed by atoms with E-state index < -0.39 is 12.7 Å². The van der Waals surface area contributed by atoms with Gasteiger partial charge in [-0.05, 0) is 12.1 Å². The van der Waals surface area contributed by atoms with E-state index in [2.05, 4.69) is 21.0 Å². The Labute approximate surface area is 120 Å². The van der Waals surface area contributed by atoms with Gasteiger partial charge in [-0.3, -0.25) is 0 Å². The molecule has 0 aliphatic rings. The van der Waals surface area contributed by atoms with Crippen LogP contribution in [-0.4, -0.2) is 16.0 Å². The van der Waals surface area contributed by atoms with Crippen LogP contribution in [0.15, 0.2) is 28.7 Å². The number of hydrogen-bond donors (Lipinski definition) is 1. The summed E-state index contributed by atoms with van der Waals surface area (Å²) in [7, 11) is 0. The van der Waals surface area contributed by atoms with E-state index in [0.29, 0.717) is 10.2 Å². The number of halogens is 4. The predicted molar refractivity (Wildman–Crippen MR) is 70.5 cm³/mol. The molecule has 8 heteroatoms. The van der Waals surface area contributed by atoms with Gasteiger partial charge in [0.25, 0.3) is 0 Å². The zero-order valence-electron chi connectivity index (χ0n) is 9.95. The van der Waals surface area contributed by atoms with Crippen molar-refractivity contribution in [3.63, 3.8) is 0 Å². The molecule has 0 fully saturated rings. The Morgan fingerprint density at radius 3 is 2.40 bits per heavy atom. The van der Waals surface area contributed by atoms with Gasteiger partial charge in [0, 0.05) is 10.0 Å². The molecule has 0 spiro atoms. The van der Waals surface area contributed by atoms with Crippen molar-refractivity contribution in [3.05, 3.63) is 34.3 Å². The predicted octanol–water partition coefficient (Wildman–Crippen LogP) is 3.33. The van der Waals surface area contributed by atoms with Crippen molar-refractivity contribution < 1.29 is 13.2 Å². The van der Waals surface area contributed by atoms with E-state index in [0.717, 1.165) is 4.47 Å². The van der Waals surface area contributed by atoms with Gasteiger partial charge in [-0.1, -0.05) is 28.1 Å². The van der Waals surface area contributed by atoms with E-state index in [4.69, 9.17) is 11.0 Å². The van der Waals surface area contributed by atoms with Gasteiger partial charge < -0.3 is 5.73 Å². The van der Waals surface area contributed by atoms with Crippen LogP contribution >= 0.6 is 15.9 Å². The molecule has 0 atom stereocenters. The van der Waals surface area contributed by atoms with Crippen LogP contribution in [0.5, 0.6) is 0 Å². The summed E-state index contributed by atoms with van der Waals surface area (Å²) < 4.78 is 38.6. The fourth-order valence-corrected chi connectivity index (χ4v) is 1.95. The molecule has 1 aromatic carbocycles. The van der Waals surface area contributed by atoms with Gasteiger partial charge in [0.1, 0.15) is 29.7 Å². The summed E-state index contributed by atoms with van der Waals surface area (Å²) in [5, 5.41) is 12.9. The van der Waals surface area contributed by atoms with Crippen molar-refractivity contribution in [1.29, 1.82) is 5.26 Å². The fourth-order valence-electron chi connectivity index (χ4n) is 1.69. The molecule has 0 unspecified atom stereocenters. The number of nitrogens with zero attached hydrogens (tertiary/aromatic N) is 3. The average Bonchev–Trinajstić information content (AvgIpc) is 2.65. The Kier molecular flexibility index (Phi) is 3.72. The Morgan fingerprint density at radius 1 is 1.30 bits per heavy atom. The number of rotatable bonds is 2. The van der Waals surface area contributed by atoms with Gasteiger partial charge in [0.2, 0.25) is 0 Å². The molecule has 2 rings (SSSR count). The van der Waals surface area contributed by atoms with Gasteiger partial charge in [-0.2, -0.15) is 23.5 Å². The van der Waals surface area contributed by atoms with Crippen LogP contribution in [0, 0.1) is 11.3 Å². The van der Waals surface area contributed by atoms with E-state index in [9.17, 15) is 13.2 Å². The Morgan fingerprint density at radius 2 is 1.90 bits per heavy atom. The molecule has 104 valence electrons. The number of aromatic nitrogens is 2. The number of benzene rings is 1. The lowest BCUT2D eigenvalue weighted by atomic mass is 10.1. The van der Waals surface area contributed by atoms with Crippen molar-refractivity contribution in [2.24, 2.45) is 0 Å². The van der Waals surface area contributed by atoms with Crippen molar-refractivity contribution in [2.75, 3.05) is 5.73 Å². The minimum absolute atomic E-state index is 0.0587. The van der Waals surface area contributed by atoms with Crippen LogP contribution in [0.3, 0.4) is 0 Å². The van der Waals surface area contributed by atoms with E-state index >= 15 is 0 Å². The third kappa shape index (κ3) is 2.93. The normalized spacial score (nSPS) is 11.3. The summed E-state index contributed by atoms with van der Waals surface area (Å²) in [5.41, 5.74) is 6.16. The Bertz CT molecular complexity index is 668. The third-order valence-corrected chi connectivity index (χ3v) is 3.08. The first-order chi connectivity index (χ1) is 9.31. The van der Waals surface area contributed by atoms with Crippen LogP contribution in [0.1, 0.15) is 5.56 Å². The zero-order valence-corrected chi connectivity index (χ0v) is 11.5. The van der Waals surface area contributed by atoms with E-state index in [1.807, 2.05) is 0 Å². The summed E-state index contributed by atoms with van der Waals surface area (Å²) in [5.74, 6) is -0.289. The highest BCUT2D eigenvalue weighted by atomic mass is 79.9. The van der Waals surface area contributed by atoms with Crippen LogP contribution in [0.25, 0.3) is 11.3 Å². The number of hydrogen-bond acceptors (Lipinski definition) is 3. The van der Waals surface area contributed by atoms with Crippen molar-refractivity contribution in [3.8, 4) is 17.3 Å². The summed E-state index contributed by atoms with van der Waals surface area (Å²) in [4.78, 5) is 0. The molecule has 2 N–H and O–H groups in total. The molecule has 1 aromatic heterocycles. The van der Waals surface area contributed by atoms with E-state index in [1.165, 1.54) is 0 Å². The first-order valence-corrected chi connectivity index (χ1v) is 6.20. The Balaban J connectivity index is 2.52. The molecule has 0 aliphatic heterocycles. The van der Waals surface area contributed by atoms with Gasteiger partial charge >= 0.3 is 6.18 Å². The average molecular weight is 345 g/mol. The monoisotopic (exact) mass is 344 g/mol. The van der Waals surface area contributed by atoms with Crippen LogP contribution in [0.2, 0.25) is 0 Å². The molecule has 4 nitrogen and oxygen atoms in total. The molecule has 0 amide bonds. The van der Waals surface area contributed by atoms with Gasteiger partial charge in [0.15, 0.2) is 0 Å². The third-order valence-electron chi connectivity index (χ3n) is 2.55. The maximum atomic E-state index is 12.4. The van der Waals surface area contributed by atoms with Crippen molar-refractivity contribution in [1.82, 2.24) is 9.78 Å². The summed E-state index contributed by atoms with van der Waals surface area (Å²) in [6, 6.07) is 8.49. The molecule has 0 bridgehead atoms. The quantitative estimate of drug-likeness (QED) is 0.908. The number of anilines is 1. The van der Waals surface area contributed by atoms with Crippen molar-refractivity contribution >= 4 is 21.7 Å². The highest BCUT2D eigenvalue weighted by molar-refractivity contribution is 9.10. The van der Waals surface area contributed by atoms with Gasteiger partial charge in [-0.25, -0.2) is 4.68 Å². The van der Waals surface area contributed by atoms with Crippen LogP contribution < -0.4 is 5.73 Å². The second-order valence-electron chi connectivity index (χ2n) is 4.00. The molecule has 0 radical (unpaired) electrons. The number of alkyl halides is 3. The first-order valence-electron chi connectivity index (χ1n) is 5.41. The number of nitrogens with two attached hydrogens (primary N) is 1. The molecular weight excluding hydrogens is 337 g/mol. The molecular formula is C12H8BrF3N4. The van der Waals surface area contributed by atoms with Crippen LogP contribution in [0.4, 0.5) is 19.0 Å². The SMILES string of the molecule is N#Cc1c(-c2ccc(Br)cc2)nn(CC(F)(F)F)c1N. The van der Waals surface area contributed by atoms with E-state index in [-0.39, 0.29) is 17.1 Å². The first kappa shape index (κ1) is 14.4. The topological polar surface area (TPSA) is 67.6 Å². The second-order valence-corrected chi connectivity index (χ2v) is 4.92. The Hall–Kier alpha value is -2.01. The lowest BCUT2D eigenvalue weighted by molar-refractivity contribution is -0.142. The maximum absolute atomic E-state index is 12.4. The lowest BCUT2D eigenvalue weighted by Gasteiger charge is -2.07. The minimum atomic E-state index is -4.45. The highest BCUT2D eigenvalue weighted by Crippen LogP contribution is 2.29. The zero-order chi connectivity index (χ0) is 14.9. The fraction of sp³-hybridized carbons (Fsp3) is 0.167. The highest BCUT2D eigenvalue weighted by Gasteiger charge is 2.31. The minimum Gasteiger partial charge on any atom is -0.383 e. The largest absolute Gasteiger partial charge is 0.408 e. The summed E-state index contributed by atoms with van der Waals surface area (Å²) in [6.45, 7) is -1.33. The summed E-state index contributed by atoms with van der Waals surface area (Å²) in [6.07, 6.45) is -4.45. The maximum Gasteiger partial charge on any atom is 0.408 e. The molecule has 0 saturated carbocycles. The number of nitrogen functional groups attached to an aromatic ring is 1. The summed E-state index contributed by atoms with van der Waals surface area (Å²) >= 11 is 3.25. The molecule has 0 aliphatic carbocycles. The van der Waals surface area contributed by atoms with Gasteiger partial charge in [-0.15, -0.1) is 0 Å². The smallest absolute Gasteiger partial charge is 0.383 e. The second kappa shape index (κ2) is 5.17. The molecule has 2 aromatic rings. The molecule has 1 heterocycles. The molecule has 0 saturated heterocycles.